The Labute approximate surface area is 119 Å². The molecular formula is C14H22N4O2. The molecule has 0 radical (unpaired) electrons. The first-order chi connectivity index (χ1) is 9.31. The minimum atomic E-state index is -0.926. The van der Waals surface area contributed by atoms with Gasteiger partial charge in [0.05, 0.1) is 6.04 Å². The SMILES string of the molecule is CC(=O)NC(C)(C)C(=O)N[C@H](c1nccn1C)C1CC1. The van der Waals surface area contributed by atoms with E-state index < -0.39 is 5.54 Å². The van der Waals surface area contributed by atoms with E-state index in [0.29, 0.717) is 5.92 Å². The van der Waals surface area contributed by atoms with Crippen LogP contribution in [-0.2, 0) is 16.6 Å². The molecule has 6 heteroatoms. The van der Waals surface area contributed by atoms with Gasteiger partial charge < -0.3 is 15.2 Å². The van der Waals surface area contributed by atoms with E-state index in [0.717, 1.165) is 18.7 Å². The van der Waals surface area contributed by atoms with Crippen molar-refractivity contribution in [3.63, 3.8) is 0 Å². The molecule has 0 aliphatic heterocycles. The van der Waals surface area contributed by atoms with Crippen LogP contribution in [0.3, 0.4) is 0 Å². The Morgan fingerprint density at radius 2 is 2.10 bits per heavy atom. The van der Waals surface area contributed by atoms with Crippen LogP contribution in [0, 0.1) is 5.92 Å². The molecule has 6 nitrogen and oxygen atoms in total. The molecule has 110 valence electrons. The number of rotatable bonds is 5. The number of aromatic nitrogens is 2. The van der Waals surface area contributed by atoms with Gasteiger partial charge in [-0.05, 0) is 32.6 Å². The zero-order valence-corrected chi connectivity index (χ0v) is 12.4. The Morgan fingerprint density at radius 1 is 1.45 bits per heavy atom. The summed E-state index contributed by atoms with van der Waals surface area (Å²) >= 11 is 0. The van der Waals surface area contributed by atoms with Crippen molar-refractivity contribution in [1.82, 2.24) is 20.2 Å². The zero-order chi connectivity index (χ0) is 14.9. The molecule has 1 aromatic rings. The first-order valence-electron chi connectivity index (χ1n) is 6.88. The molecule has 0 spiro atoms. The fraction of sp³-hybridized carbons (Fsp3) is 0.643. The number of nitrogens with zero attached hydrogens (tertiary/aromatic N) is 2. The second kappa shape index (κ2) is 5.26. The van der Waals surface area contributed by atoms with Gasteiger partial charge in [-0.3, -0.25) is 9.59 Å². The summed E-state index contributed by atoms with van der Waals surface area (Å²) in [6.45, 7) is 4.81. The van der Waals surface area contributed by atoms with Gasteiger partial charge in [0.15, 0.2) is 0 Å². The largest absolute Gasteiger partial charge is 0.344 e. The van der Waals surface area contributed by atoms with Crippen LogP contribution in [0.5, 0.6) is 0 Å². The van der Waals surface area contributed by atoms with Gasteiger partial charge in [-0.2, -0.15) is 0 Å². The highest BCUT2D eigenvalue weighted by atomic mass is 16.2. The molecule has 2 rings (SSSR count). The molecular weight excluding hydrogens is 256 g/mol. The average molecular weight is 278 g/mol. The van der Waals surface area contributed by atoms with Gasteiger partial charge in [0.25, 0.3) is 0 Å². The monoisotopic (exact) mass is 278 g/mol. The van der Waals surface area contributed by atoms with Crippen molar-refractivity contribution in [3.05, 3.63) is 18.2 Å². The molecule has 1 aromatic heterocycles. The van der Waals surface area contributed by atoms with E-state index in [1.165, 1.54) is 6.92 Å². The first kappa shape index (κ1) is 14.6. The molecule has 2 N–H and O–H groups in total. The molecule has 0 bridgehead atoms. The smallest absolute Gasteiger partial charge is 0.245 e. The maximum atomic E-state index is 12.4. The van der Waals surface area contributed by atoms with E-state index >= 15 is 0 Å². The topological polar surface area (TPSA) is 76.0 Å². The first-order valence-corrected chi connectivity index (χ1v) is 6.88. The van der Waals surface area contributed by atoms with E-state index in [1.807, 2.05) is 17.8 Å². The third-order valence-electron chi connectivity index (χ3n) is 3.57. The standard InChI is InChI=1S/C14H22N4O2/c1-9(19)17-14(2,3)13(20)16-11(10-5-6-10)12-15-7-8-18(12)4/h7-8,10-11H,5-6H2,1-4H3,(H,16,20)(H,17,19)/t11-/m0/s1. The van der Waals surface area contributed by atoms with Crippen LogP contribution >= 0.6 is 0 Å². The van der Waals surface area contributed by atoms with Crippen molar-refractivity contribution in [2.75, 3.05) is 0 Å². The van der Waals surface area contributed by atoms with Gasteiger partial charge in [0, 0.05) is 26.4 Å². The van der Waals surface area contributed by atoms with Gasteiger partial charge in [-0.15, -0.1) is 0 Å². The maximum absolute atomic E-state index is 12.4. The van der Waals surface area contributed by atoms with Crippen LogP contribution < -0.4 is 10.6 Å². The molecule has 20 heavy (non-hydrogen) atoms. The Balaban J connectivity index is 2.11. The third-order valence-corrected chi connectivity index (χ3v) is 3.57. The predicted octanol–water partition coefficient (Wildman–Crippen LogP) is 0.902. The van der Waals surface area contributed by atoms with Gasteiger partial charge in [-0.1, -0.05) is 0 Å². The minimum absolute atomic E-state index is 0.0875. The number of amides is 2. The quantitative estimate of drug-likeness (QED) is 0.840. The van der Waals surface area contributed by atoms with Gasteiger partial charge in [-0.25, -0.2) is 4.98 Å². The summed E-state index contributed by atoms with van der Waals surface area (Å²) in [5.41, 5.74) is -0.926. The molecule has 0 unspecified atom stereocenters. The van der Waals surface area contributed by atoms with Crippen LogP contribution in [0.4, 0.5) is 0 Å². The molecule has 0 saturated heterocycles. The highest BCUT2D eigenvalue weighted by Crippen LogP contribution is 2.40. The minimum Gasteiger partial charge on any atom is -0.344 e. The molecule has 1 aliphatic rings. The van der Waals surface area contributed by atoms with Crippen LogP contribution in [0.15, 0.2) is 12.4 Å². The summed E-state index contributed by atoms with van der Waals surface area (Å²) in [6, 6.07) is -0.0875. The number of imidazole rings is 1. The van der Waals surface area contributed by atoms with E-state index in [1.54, 1.807) is 20.0 Å². The predicted molar refractivity (Wildman–Crippen MR) is 74.7 cm³/mol. The fourth-order valence-corrected chi connectivity index (χ4v) is 2.32. The van der Waals surface area contributed by atoms with Gasteiger partial charge in [0.1, 0.15) is 11.4 Å². The maximum Gasteiger partial charge on any atom is 0.245 e. The summed E-state index contributed by atoms with van der Waals surface area (Å²) in [5.74, 6) is 0.894. The average Bonchev–Trinajstić information content (AvgIpc) is 3.07. The lowest BCUT2D eigenvalue weighted by Gasteiger charge is -2.27. The Morgan fingerprint density at radius 3 is 2.55 bits per heavy atom. The van der Waals surface area contributed by atoms with Gasteiger partial charge in [0.2, 0.25) is 11.8 Å². The molecule has 1 aliphatic carbocycles. The molecule has 1 saturated carbocycles. The van der Waals surface area contributed by atoms with Crippen molar-refractivity contribution in [2.45, 2.75) is 45.2 Å². The Hall–Kier alpha value is -1.85. The molecule has 1 fully saturated rings. The van der Waals surface area contributed by atoms with E-state index in [2.05, 4.69) is 15.6 Å². The summed E-state index contributed by atoms with van der Waals surface area (Å²) in [6.07, 6.45) is 5.79. The number of aryl methyl sites for hydroxylation is 1. The number of nitrogens with one attached hydrogen (secondary N) is 2. The van der Waals surface area contributed by atoms with E-state index in [-0.39, 0.29) is 17.9 Å². The van der Waals surface area contributed by atoms with Crippen molar-refractivity contribution in [3.8, 4) is 0 Å². The van der Waals surface area contributed by atoms with Crippen molar-refractivity contribution in [2.24, 2.45) is 13.0 Å². The number of carbonyl (C=O) groups excluding carboxylic acids is 2. The summed E-state index contributed by atoms with van der Waals surface area (Å²) in [4.78, 5) is 27.9. The van der Waals surface area contributed by atoms with Crippen molar-refractivity contribution >= 4 is 11.8 Å². The summed E-state index contributed by atoms with van der Waals surface area (Å²) in [5, 5.41) is 5.70. The van der Waals surface area contributed by atoms with E-state index in [4.69, 9.17) is 0 Å². The van der Waals surface area contributed by atoms with Crippen molar-refractivity contribution in [1.29, 1.82) is 0 Å². The normalized spacial score (nSPS) is 16.6. The summed E-state index contributed by atoms with van der Waals surface area (Å²) in [7, 11) is 1.92. The van der Waals surface area contributed by atoms with Crippen LogP contribution in [0.25, 0.3) is 0 Å². The summed E-state index contributed by atoms with van der Waals surface area (Å²) < 4.78 is 1.93. The van der Waals surface area contributed by atoms with Crippen LogP contribution in [0.2, 0.25) is 0 Å². The number of carbonyl (C=O) groups is 2. The highest BCUT2D eigenvalue weighted by Gasteiger charge is 2.38. The van der Waals surface area contributed by atoms with Gasteiger partial charge >= 0.3 is 0 Å². The molecule has 2 amide bonds. The zero-order valence-electron chi connectivity index (χ0n) is 12.4. The Bertz CT molecular complexity index is 517. The number of hydrogen-bond acceptors (Lipinski definition) is 3. The Kier molecular flexibility index (Phi) is 3.83. The van der Waals surface area contributed by atoms with E-state index in [9.17, 15) is 9.59 Å². The third kappa shape index (κ3) is 3.18. The van der Waals surface area contributed by atoms with Crippen LogP contribution in [-0.4, -0.2) is 26.9 Å². The second-order valence-corrected chi connectivity index (χ2v) is 5.99. The second-order valence-electron chi connectivity index (χ2n) is 5.99. The lowest BCUT2D eigenvalue weighted by atomic mass is 10.0. The lowest BCUT2D eigenvalue weighted by molar-refractivity contribution is -0.132. The molecule has 0 aromatic carbocycles. The highest BCUT2D eigenvalue weighted by molar-refractivity contribution is 5.90. The molecule has 1 heterocycles. The van der Waals surface area contributed by atoms with Crippen LogP contribution in [0.1, 0.15) is 45.5 Å². The lowest BCUT2D eigenvalue weighted by Crippen LogP contribution is -2.55. The fourth-order valence-electron chi connectivity index (χ4n) is 2.32. The number of hydrogen-bond donors (Lipinski definition) is 2. The van der Waals surface area contributed by atoms with Crippen molar-refractivity contribution < 1.29 is 9.59 Å². The molecule has 1 atom stereocenters.